The maximum absolute atomic E-state index is 13.0. The van der Waals surface area contributed by atoms with E-state index in [4.69, 9.17) is 0 Å². The van der Waals surface area contributed by atoms with Crippen LogP contribution in [0.15, 0.2) is 36.7 Å². The monoisotopic (exact) mass is 340 g/mol. The van der Waals surface area contributed by atoms with Gasteiger partial charge in [0.1, 0.15) is 0 Å². The van der Waals surface area contributed by atoms with Crippen LogP contribution in [-0.4, -0.2) is 52.2 Å². The van der Waals surface area contributed by atoms with Crippen molar-refractivity contribution in [1.29, 1.82) is 0 Å². The van der Waals surface area contributed by atoms with E-state index in [1.807, 2.05) is 55.1 Å². The van der Waals surface area contributed by atoms with Crippen LogP contribution < -0.4 is 0 Å². The van der Waals surface area contributed by atoms with Gasteiger partial charge in [0.25, 0.3) is 5.91 Å². The summed E-state index contributed by atoms with van der Waals surface area (Å²) < 4.78 is 1.96. The maximum Gasteiger partial charge on any atom is 0.254 e. The molecular formula is C20H28N4O. The highest BCUT2D eigenvalue weighted by molar-refractivity contribution is 5.94. The van der Waals surface area contributed by atoms with Crippen molar-refractivity contribution in [1.82, 2.24) is 19.6 Å². The van der Waals surface area contributed by atoms with Gasteiger partial charge in [-0.3, -0.25) is 9.48 Å². The number of carbonyl (C=O) groups excluding carboxylic acids is 1. The van der Waals surface area contributed by atoms with Crippen LogP contribution in [0, 0.1) is 6.92 Å². The molecule has 0 aliphatic carbocycles. The minimum Gasteiger partial charge on any atom is -0.334 e. The van der Waals surface area contributed by atoms with Gasteiger partial charge in [0.05, 0.1) is 18.8 Å². The molecule has 1 atom stereocenters. The zero-order valence-corrected chi connectivity index (χ0v) is 15.5. The maximum atomic E-state index is 13.0. The number of likely N-dealkylation sites (tertiary alicyclic amines) is 1. The molecule has 0 bridgehead atoms. The molecule has 5 nitrogen and oxygen atoms in total. The number of aryl methyl sites for hydroxylation is 1. The van der Waals surface area contributed by atoms with Crippen LogP contribution >= 0.6 is 0 Å². The number of benzene rings is 1. The third-order valence-electron chi connectivity index (χ3n) is 4.75. The lowest BCUT2D eigenvalue weighted by Gasteiger charge is -2.36. The summed E-state index contributed by atoms with van der Waals surface area (Å²) in [5.74, 6) is 0.144. The minimum atomic E-state index is 0.144. The van der Waals surface area contributed by atoms with Gasteiger partial charge in [-0.1, -0.05) is 12.1 Å². The second-order valence-electron chi connectivity index (χ2n) is 7.32. The molecule has 2 aromatic rings. The molecule has 0 unspecified atom stereocenters. The van der Waals surface area contributed by atoms with Crippen molar-refractivity contribution in [3.05, 3.63) is 53.3 Å². The zero-order valence-electron chi connectivity index (χ0n) is 15.5. The normalized spacial score (nSPS) is 17.9. The van der Waals surface area contributed by atoms with Crippen molar-refractivity contribution in [2.45, 2.75) is 45.3 Å². The summed E-state index contributed by atoms with van der Waals surface area (Å²) >= 11 is 0. The van der Waals surface area contributed by atoms with Crippen molar-refractivity contribution in [2.75, 3.05) is 20.6 Å². The van der Waals surface area contributed by atoms with Crippen molar-refractivity contribution >= 4 is 5.91 Å². The number of nitrogens with zero attached hydrogens (tertiary/aromatic N) is 4. The zero-order chi connectivity index (χ0) is 17.8. The highest BCUT2D eigenvalue weighted by atomic mass is 16.2. The number of hydrogen-bond donors (Lipinski definition) is 0. The highest BCUT2D eigenvalue weighted by Gasteiger charge is 2.27. The predicted molar refractivity (Wildman–Crippen MR) is 99.5 cm³/mol. The van der Waals surface area contributed by atoms with Gasteiger partial charge >= 0.3 is 0 Å². The Balaban J connectivity index is 1.71. The molecule has 1 aromatic heterocycles. The number of rotatable bonds is 5. The smallest absolute Gasteiger partial charge is 0.254 e. The van der Waals surface area contributed by atoms with E-state index in [0.717, 1.165) is 43.6 Å². The quantitative estimate of drug-likeness (QED) is 0.840. The van der Waals surface area contributed by atoms with E-state index in [1.54, 1.807) is 0 Å². The Morgan fingerprint density at radius 3 is 2.64 bits per heavy atom. The van der Waals surface area contributed by atoms with Crippen LogP contribution in [0.1, 0.15) is 40.7 Å². The molecule has 1 fully saturated rings. The Bertz CT molecular complexity index is 705. The van der Waals surface area contributed by atoms with Crippen LogP contribution in [-0.2, 0) is 13.1 Å². The average molecular weight is 340 g/mol. The van der Waals surface area contributed by atoms with E-state index >= 15 is 0 Å². The fourth-order valence-electron chi connectivity index (χ4n) is 3.52. The van der Waals surface area contributed by atoms with Crippen molar-refractivity contribution in [3.63, 3.8) is 0 Å². The first kappa shape index (κ1) is 17.7. The van der Waals surface area contributed by atoms with Gasteiger partial charge in [-0.15, -0.1) is 0 Å². The van der Waals surface area contributed by atoms with Gasteiger partial charge in [-0.2, -0.15) is 5.10 Å². The molecule has 3 rings (SSSR count). The fraction of sp³-hybridized carbons (Fsp3) is 0.500. The van der Waals surface area contributed by atoms with E-state index < -0.39 is 0 Å². The Labute approximate surface area is 150 Å². The first-order valence-electron chi connectivity index (χ1n) is 9.06. The van der Waals surface area contributed by atoms with E-state index in [9.17, 15) is 4.79 Å². The minimum absolute atomic E-state index is 0.144. The summed E-state index contributed by atoms with van der Waals surface area (Å²) in [6.45, 7) is 4.55. The largest absolute Gasteiger partial charge is 0.334 e. The van der Waals surface area contributed by atoms with E-state index in [1.165, 1.54) is 12.0 Å². The second kappa shape index (κ2) is 7.83. The molecule has 1 aliphatic rings. The lowest BCUT2D eigenvalue weighted by molar-refractivity contribution is 0.0584. The molecule has 0 radical (unpaired) electrons. The lowest BCUT2D eigenvalue weighted by atomic mass is 10.0. The summed E-state index contributed by atoms with van der Waals surface area (Å²) in [5, 5.41) is 4.39. The van der Waals surface area contributed by atoms with Gasteiger partial charge < -0.3 is 9.80 Å². The molecule has 0 spiro atoms. The van der Waals surface area contributed by atoms with E-state index in [-0.39, 0.29) is 11.9 Å². The molecule has 25 heavy (non-hydrogen) atoms. The molecule has 134 valence electrons. The van der Waals surface area contributed by atoms with Crippen LogP contribution in [0.25, 0.3) is 0 Å². The summed E-state index contributed by atoms with van der Waals surface area (Å²) in [7, 11) is 4.10. The van der Waals surface area contributed by atoms with Gasteiger partial charge in [-0.05, 0) is 63.5 Å². The summed E-state index contributed by atoms with van der Waals surface area (Å²) in [4.78, 5) is 17.2. The molecule has 1 aromatic carbocycles. The topological polar surface area (TPSA) is 41.4 Å². The fourth-order valence-corrected chi connectivity index (χ4v) is 3.52. The molecule has 0 saturated carbocycles. The predicted octanol–water partition coefficient (Wildman–Crippen LogP) is 2.95. The van der Waals surface area contributed by atoms with Gasteiger partial charge in [0.2, 0.25) is 0 Å². The molecule has 2 heterocycles. The number of carbonyl (C=O) groups is 1. The van der Waals surface area contributed by atoms with Crippen LogP contribution in [0.2, 0.25) is 0 Å². The Morgan fingerprint density at radius 1 is 1.24 bits per heavy atom. The van der Waals surface area contributed by atoms with Crippen molar-refractivity contribution in [2.24, 2.45) is 0 Å². The third kappa shape index (κ3) is 4.48. The van der Waals surface area contributed by atoms with Crippen molar-refractivity contribution < 1.29 is 4.79 Å². The third-order valence-corrected chi connectivity index (χ3v) is 4.75. The first-order chi connectivity index (χ1) is 12.0. The lowest BCUT2D eigenvalue weighted by Crippen LogP contribution is -2.45. The second-order valence-corrected chi connectivity index (χ2v) is 7.32. The molecule has 0 N–H and O–H groups in total. The number of hydrogen-bond acceptors (Lipinski definition) is 3. The summed E-state index contributed by atoms with van der Waals surface area (Å²) in [6.07, 6.45) is 7.23. The molecule has 1 aliphatic heterocycles. The summed E-state index contributed by atoms with van der Waals surface area (Å²) in [5.41, 5.74) is 3.17. The first-order valence-corrected chi connectivity index (χ1v) is 9.06. The standard InChI is InChI=1S/C20H28N4O/c1-16-12-21-23(13-16)15-19-6-4-5-11-24(19)20(25)18-9-7-17(8-10-18)14-22(2)3/h7-10,12-13,19H,4-6,11,14-15H2,1-3H3/t19-/m1/s1. The number of aromatic nitrogens is 2. The van der Waals surface area contributed by atoms with Gasteiger partial charge in [0.15, 0.2) is 0 Å². The average Bonchev–Trinajstić information content (AvgIpc) is 3.00. The molecule has 5 heteroatoms. The van der Waals surface area contributed by atoms with E-state index in [2.05, 4.69) is 22.1 Å². The number of piperidine rings is 1. The highest BCUT2D eigenvalue weighted by Crippen LogP contribution is 2.21. The van der Waals surface area contributed by atoms with Gasteiger partial charge in [0, 0.05) is 24.8 Å². The SMILES string of the molecule is Cc1cnn(C[C@H]2CCCCN2C(=O)c2ccc(CN(C)C)cc2)c1. The van der Waals surface area contributed by atoms with Crippen LogP contribution in [0.5, 0.6) is 0 Å². The van der Waals surface area contributed by atoms with Crippen LogP contribution in [0.4, 0.5) is 0 Å². The Kier molecular flexibility index (Phi) is 5.53. The number of amides is 1. The van der Waals surface area contributed by atoms with Crippen molar-refractivity contribution in [3.8, 4) is 0 Å². The summed E-state index contributed by atoms with van der Waals surface area (Å²) in [6, 6.07) is 8.27. The molecule has 1 saturated heterocycles. The Hall–Kier alpha value is -2.14. The molecule has 1 amide bonds. The van der Waals surface area contributed by atoms with Crippen LogP contribution in [0.3, 0.4) is 0 Å². The van der Waals surface area contributed by atoms with Gasteiger partial charge in [-0.25, -0.2) is 0 Å². The Morgan fingerprint density at radius 2 is 2.00 bits per heavy atom. The molecular weight excluding hydrogens is 312 g/mol. The van der Waals surface area contributed by atoms with E-state index in [0.29, 0.717) is 0 Å².